The summed E-state index contributed by atoms with van der Waals surface area (Å²) in [6.07, 6.45) is 6.85. The van der Waals surface area contributed by atoms with Gasteiger partial charge in [0.2, 0.25) is 0 Å². The molecule has 0 saturated heterocycles. The van der Waals surface area contributed by atoms with Crippen molar-refractivity contribution < 1.29 is 80.4 Å². The topological polar surface area (TPSA) is 77.3 Å². The molecule has 4 radical (unpaired) electrons. The second-order valence-electron chi connectivity index (χ2n) is 31.6. The quantitative estimate of drug-likeness (QED) is 0.107. The van der Waals surface area contributed by atoms with Gasteiger partial charge >= 0.3 is 0 Å². The minimum absolute atomic E-state index is 0. The number of fused-ring (bicyclic) bond motifs is 4. The molecule has 10 aromatic carbocycles. The molecule has 0 amide bonds. The van der Waals surface area contributed by atoms with E-state index in [-0.39, 0.29) is 80.4 Å². The molecule has 0 fully saturated rings. The summed E-state index contributed by atoms with van der Waals surface area (Å²) < 4.78 is 0. The molecule has 0 aliphatic heterocycles. The Hall–Kier alpha value is -9.26. The van der Waals surface area contributed by atoms with Crippen molar-refractivity contribution in [3.8, 4) is 67.5 Å². The van der Waals surface area contributed by atoms with Gasteiger partial charge in [-0.3, -0.25) is 19.9 Å². The van der Waals surface area contributed by atoms with E-state index in [2.05, 4.69) is 324 Å². The van der Waals surface area contributed by atoms with E-state index >= 15 is 0 Å². The van der Waals surface area contributed by atoms with Crippen LogP contribution in [0.1, 0.15) is 145 Å². The van der Waals surface area contributed by atoms with Crippen LogP contribution in [-0.2, 0) is 99.7 Å². The van der Waals surface area contributed by atoms with Gasteiger partial charge in [-0.1, -0.05) is 253 Å². The molecule has 0 atom stereocenters. The molecular weight excluding hydrogens is 2150 g/mol. The summed E-state index contributed by atoms with van der Waals surface area (Å²) in [5.74, 6) is 2.46. The van der Waals surface area contributed by atoms with Crippen LogP contribution in [0, 0.1) is 130 Å². The van der Waals surface area contributed by atoms with E-state index in [0.29, 0.717) is 23.7 Å². The first-order valence-electron chi connectivity index (χ1n) is 40.2. The summed E-state index contributed by atoms with van der Waals surface area (Å²) in [7, 11) is 0. The first-order chi connectivity index (χ1) is 54.8. The number of hydrogen-bond donors (Lipinski definition) is 0. The normalized spacial score (nSPS) is 10.6. The number of benzene rings is 10. The van der Waals surface area contributed by atoms with Crippen LogP contribution in [0.4, 0.5) is 0 Å². The van der Waals surface area contributed by atoms with Crippen LogP contribution in [0.3, 0.4) is 0 Å². The summed E-state index contributed by atoms with van der Waals surface area (Å²) in [5, 5.41) is 5.06. The minimum Gasteiger partial charge on any atom is -0.305 e. The van der Waals surface area contributed by atoms with E-state index < -0.39 is 0 Å². The van der Waals surface area contributed by atoms with Crippen molar-refractivity contribution in [3.63, 3.8) is 0 Å². The first-order valence-corrected chi connectivity index (χ1v) is 40.2. The number of pyridine rings is 6. The fourth-order valence-electron chi connectivity index (χ4n) is 14.0. The Kier molecular flexibility index (Phi) is 37.2. The van der Waals surface area contributed by atoms with E-state index in [9.17, 15) is 0 Å². The van der Waals surface area contributed by atoms with Crippen molar-refractivity contribution in [3.05, 3.63) is 369 Å². The third-order valence-electron chi connectivity index (χ3n) is 21.1. The fourth-order valence-corrected chi connectivity index (χ4v) is 14.0. The zero-order valence-corrected chi connectivity index (χ0v) is 81.2. The van der Waals surface area contributed by atoms with Crippen LogP contribution in [0.25, 0.3) is 111 Å². The summed E-state index contributed by atoms with van der Waals surface area (Å²) in [6, 6.07) is 101. The van der Waals surface area contributed by atoms with Crippen LogP contribution in [0.5, 0.6) is 0 Å². The summed E-state index contributed by atoms with van der Waals surface area (Å²) in [6.45, 7) is 41.5. The number of rotatable bonds is 13. The standard InChI is InChI=1S/2C22H24N.2C21H22N.2C11H8N.4Ir/c2*1-14(2)11-18-7-6-8-22-20(18)9-10-21(23-22)19-12-15(3)17(5)16(4)13-19;1-13(2)18-7-6-8-21-19(18)9-10-20(22-21)17-11-14(3)16(5)15(4)12-17;1-14(2)12-17-6-5-7-21-19(17)10-11-20(22-21)18-9-8-15(3)16(4)13-18;2*1-2-6-10(7-3-1)11-8-4-5-9-12-11;;;;/h2*6-10,12,14H,11H2,1-5H3;6-11,13H,1-5H3;5-8,10-11,13-14H,12H2,1-4H3;2*1-6,8-9H;;;;/q6*-1;;;;. The zero-order chi connectivity index (χ0) is 81.1. The molecule has 612 valence electrons. The van der Waals surface area contributed by atoms with Crippen LogP contribution >= 0.6 is 0 Å². The largest absolute Gasteiger partial charge is 0.305 e. The van der Waals surface area contributed by atoms with Gasteiger partial charge in [0.05, 0.1) is 22.1 Å². The zero-order valence-electron chi connectivity index (χ0n) is 71.6. The molecule has 0 spiro atoms. The molecule has 10 heteroatoms. The SMILES string of the molecule is Cc1[c-]c(-c2ccc3c(C(C)C)cccc3n2)cc(C)c1C.Cc1[c-]c(-c2ccc3c(CC(C)C)cccc3n2)cc(C)c1C.Cc1[c-]c(-c2ccc3c(CC(C)C)cccc3n2)cc(C)c1C.Cc1c[c-]c(-c2ccc3c(CC(C)C)cccc3n2)cc1C.[Ir].[Ir].[Ir].[Ir].[c-]1ccccc1-c1ccccn1.[c-]1ccccc1-c1ccccn1. The Balaban J connectivity index is 0.000000197. The number of aryl methyl sites for hydroxylation is 8. The van der Waals surface area contributed by atoms with Gasteiger partial charge in [-0.25, -0.2) is 0 Å². The van der Waals surface area contributed by atoms with Crippen LogP contribution in [0.15, 0.2) is 249 Å². The number of nitrogens with zero attached hydrogens (tertiary/aromatic N) is 6. The summed E-state index contributed by atoms with van der Waals surface area (Å²) in [4.78, 5) is 27.9. The van der Waals surface area contributed by atoms with E-state index in [0.717, 1.165) is 109 Å². The second kappa shape index (κ2) is 45.8. The Morgan fingerprint density at radius 1 is 0.271 bits per heavy atom. The number of hydrogen-bond acceptors (Lipinski definition) is 6. The average Bonchev–Trinajstić information content (AvgIpc) is 0.810. The molecule has 16 aromatic rings. The molecule has 0 aliphatic rings. The molecule has 16 rings (SSSR count). The third kappa shape index (κ3) is 25.6. The van der Waals surface area contributed by atoms with Crippen molar-refractivity contribution in [2.24, 2.45) is 17.8 Å². The average molecular weight is 2260 g/mol. The Bertz CT molecular complexity index is 5560. The van der Waals surface area contributed by atoms with Gasteiger partial charge in [0, 0.05) is 114 Å². The fraction of sp³-hybridized carbons (Fsp3) is 0.241. The molecule has 0 bridgehead atoms. The molecule has 0 aliphatic carbocycles. The maximum Gasteiger partial charge on any atom is 0.0598 e. The molecule has 6 aromatic heterocycles. The molecule has 0 N–H and O–H groups in total. The third-order valence-corrected chi connectivity index (χ3v) is 21.1. The van der Waals surface area contributed by atoms with E-state index in [4.69, 9.17) is 19.9 Å². The maximum absolute atomic E-state index is 4.89. The summed E-state index contributed by atoms with van der Waals surface area (Å²) >= 11 is 0. The number of aromatic nitrogens is 6. The predicted octanol–water partition coefficient (Wildman–Crippen LogP) is 28.0. The van der Waals surface area contributed by atoms with Gasteiger partial charge in [-0.05, 0) is 136 Å². The van der Waals surface area contributed by atoms with Gasteiger partial charge in [0.25, 0.3) is 0 Å². The van der Waals surface area contributed by atoms with E-state index in [1.165, 1.54) is 105 Å². The van der Waals surface area contributed by atoms with Gasteiger partial charge in [-0.2, -0.15) is 0 Å². The first kappa shape index (κ1) is 95.9. The monoisotopic (exact) mass is 2260 g/mol. The van der Waals surface area contributed by atoms with Gasteiger partial charge < -0.3 is 9.97 Å². The molecule has 118 heavy (non-hydrogen) atoms. The van der Waals surface area contributed by atoms with Crippen LogP contribution in [-0.4, -0.2) is 29.9 Å². The molecule has 0 saturated carbocycles. The van der Waals surface area contributed by atoms with Crippen LogP contribution in [0.2, 0.25) is 0 Å². The van der Waals surface area contributed by atoms with Crippen molar-refractivity contribution in [1.82, 2.24) is 29.9 Å². The Labute approximate surface area is 758 Å². The second-order valence-corrected chi connectivity index (χ2v) is 31.6. The van der Waals surface area contributed by atoms with Crippen molar-refractivity contribution in [2.45, 2.75) is 157 Å². The molecule has 6 nitrogen and oxygen atoms in total. The van der Waals surface area contributed by atoms with Gasteiger partial charge in [0.15, 0.2) is 0 Å². The maximum atomic E-state index is 4.89. The Morgan fingerprint density at radius 2 is 0.593 bits per heavy atom. The van der Waals surface area contributed by atoms with Gasteiger partial charge in [0.1, 0.15) is 0 Å². The van der Waals surface area contributed by atoms with Gasteiger partial charge in [-0.15, -0.1) is 210 Å². The predicted molar refractivity (Wildman–Crippen MR) is 483 cm³/mol. The van der Waals surface area contributed by atoms with E-state index in [1.54, 1.807) is 12.4 Å². The van der Waals surface area contributed by atoms with Crippen molar-refractivity contribution >= 4 is 43.6 Å². The minimum atomic E-state index is 0. The van der Waals surface area contributed by atoms with Crippen molar-refractivity contribution in [1.29, 1.82) is 0 Å². The Morgan fingerprint density at radius 3 is 0.898 bits per heavy atom. The van der Waals surface area contributed by atoms with E-state index in [1.807, 2.05) is 91.0 Å². The molecule has 6 heterocycles. The molecular formula is C108H108Ir4N6-6. The summed E-state index contributed by atoms with van der Waals surface area (Å²) in [5.41, 5.74) is 36.1. The van der Waals surface area contributed by atoms with Crippen LogP contribution < -0.4 is 0 Å². The smallest absolute Gasteiger partial charge is 0.0598 e. The molecule has 0 unspecified atom stereocenters. The van der Waals surface area contributed by atoms with Crippen molar-refractivity contribution in [2.75, 3.05) is 0 Å².